The van der Waals surface area contributed by atoms with Crippen molar-refractivity contribution in [2.75, 3.05) is 26.2 Å². The summed E-state index contributed by atoms with van der Waals surface area (Å²) in [5.41, 5.74) is 8.82. The standard InChI is InChI=1S/C17H26N2O/c1-2-8-19(12-13-3-4-13)16(11-18)14-5-6-17-15(10-14)7-9-20-17/h5-6,10,13,16H,2-4,7-9,11-12,18H2,1H3. The number of ether oxygens (including phenoxy) is 1. The van der Waals surface area contributed by atoms with Crippen molar-refractivity contribution in [1.29, 1.82) is 0 Å². The summed E-state index contributed by atoms with van der Waals surface area (Å²) in [7, 11) is 0. The van der Waals surface area contributed by atoms with Gasteiger partial charge in [-0.2, -0.15) is 0 Å². The van der Waals surface area contributed by atoms with Crippen LogP contribution in [0.2, 0.25) is 0 Å². The van der Waals surface area contributed by atoms with E-state index >= 15 is 0 Å². The van der Waals surface area contributed by atoms with E-state index in [-0.39, 0.29) is 0 Å². The first kappa shape index (κ1) is 13.9. The van der Waals surface area contributed by atoms with Crippen molar-refractivity contribution in [2.24, 2.45) is 11.7 Å². The van der Waals surface area contributed by atoms with Crippen LogP contribution in [0, 0.1) is 5.92 Å². The summed E-state index contributed by atoms with van der Waals surface area (Å²) in [5.74, 6) is 1.97. The second kappa shape index (κ2) is 6.15. The van der Waals surface area contributed by atoms with Gasteiger partial charge in [-0.3, -0.25) is 4.90 Å². The maximum absolute atomic E-state index is 6.10. The van der Waals surface area contributed by atoms with Crippen molar-refractivity contribution >= 4 is 0 Å². The Kier molecular flexibility index (Phi) is 4.27. The number of hydrogen-bond acceptors (Lipinski definition) is 3. The van der Waals surface area contributed by atoms with Crippen LogP contribution in [0.1, 0.15) is 43.4 Å². The SMILES string of the molecule is CCCN(CC1CC1)C(CN)c1ccc2c(c1)CCO2. The molecule has 3 nitrogen and oxygen atoms in total. The van der Waals surface area contributed by atoms with E-state index in [1.54, 1.807) is 0 Å². The van der Waals surface area contributed by atoms with Crippen molar-refractivity contribution < 1.29 is 4.74 Å². The van der Waals surface area contributed by atoms with Gasteiger partial charge < -0.3 is 10.5 Å². The number of nitrogens with zero attached hydrogens (tertiary/aromatic N) is 1. The molecule has 1 aromatic rings. The van der Waals surface area contributed by atoms with Gasteiger partial charge in [-0.1, -0.05) is 19.1 Å². The van der Waals surface area contributed by atoms with E-state index < -0.39 is 0 Å². The molecule has 0 aromatic heterocycles. The molecule has 110 valence electrons. The highest BCUT2D eigenvalue weighted by molar-refractivity contribution is 5.41. The summed E-state index contributed by atoms with van der Waals surface area (Å²) in [6.07, 6.45) is 5.03. The molecule has 0 saturated heterocycles. The van der Waals surface area contributed by atoms with Crippen molar-refractivity contribution in [3.8, 4) is 5.75 Å². The first-order valence-corrected chi connectivity index (χ1v) is 8.01. The summed E-state index contributed by atoms with van der Waals surface area (Å²) in [5, 5.41) is 0. The number of nitrogens with two attached hydrogens (primary N) is 1. The summed E-state index contributed by atoms with van der Waals surface area (Å²) in [4.78, 5) is 2.59. The molecule has 0 bridgehead atoms. The van der Waals surface area contributed by atoms with Crippen LogP contribution in [0.3, 0.4) is 0 Å². The van der Waals surface area contributed by atoms with Crippen LogP contribution in [-0.2, 0) is 6.42 Å². The van der Waals surface area contributed by atoms with Crippen molar-refractivity contribution in [2.45, 2.75) is 38.6 Å². The minimum atomic E-state index is 0.362. The summed E-state index contributed by atoms with van der Waals surface area (Å²) >= 11 is 0. The Bertz CT molecular complexity index is 456. The van der Waals surface area contributed by atoms with E-state index in [0.29, 0.717) is 12.6 Å². The van der Waals surface area contributed by atoms with Gasteiger partial charge in [0.25, 0.3) is 0 Å². The molecule has 0 spiro atoms. The third kappa shape index (κ3) is 2.99. The third-order valence-corrected chi connectivity index (χ3v) is 4.46. The zero-order valence-corrected chi connectivity index (χ0v) is 12.5. The van der Waals surface area contributed by atoms with E-state index in [1.165, 1.54) is 36.9 Å². The fraction of sp³-hybridized carbons (Fsp3) is 0.647. The lowest BCUT2D eigenvalue weighted by molar-refractivity contribution is 0.193. The van der Waals surface area contributed by atoms with Crippen LogP contribution in [0.25, 0.3) is 0 Å². The second-order valence-electron chi connectivity index (χ2n) is 6.16. The Hall–Kier alpha value is -1.06. The van der Waals surface area contributed by atoms with Gasteiger partial charge in [0.2, 0.25) is 0 Å². The Morgan fingerprint density at radius 2 is 2.25 bits per heavy atom. The van der Waals surface area contributed by atoms with E-state index in [0.717, 1.165) is 31.2 Å². The Morgan fingerprint density at radius 3 is 2.95 bits per heavy atom. The highest BCUT2D eigenvalue weighted by Crippen LogP contribution is 2.34. The zero-order valence-electron chi connectivity index (χ0n) is 12.5. The lowest BCUT2D eigenvalue weighted by atomic mass is 10.0. The molecule has 1 aromatic carbocycles. The molecule has 1 atom stereocenters. The van der Waals surface area contributed by atoms with Gasteiger partial charge in [0.1, 0.15) is 5.75 Å². The maximum Gasteiger partial charge on any atom is 0.122 e. The van der Waals surface area contributed by atoms with Crippen LogP contribution in [-0.4, -0.2) is 31.1 Å². The van der Waals surface area contributed by atoms with Gasteiger partial charge in [-0.15, -0.1) is 0 Å². The quantitative estimate of drug-likeness (QED) is 0.831. The van der Waals surface area contributed by atoms with Crippen LogP contribution < -0.4 is 10.5 Å². The second-order valence-corrected chi connectivity index (χ2v) is 6.16. The van der Waals surface area contributed by atoms with E-state index in [4.69, 9.17) is 10.5 Å². The van der Waals surface area contributed by atoms with Crippen molar-refractivity contribution in [3.05, 3.63) is 29.3 Å². The molecule has 1 unspecified atom stereocenters. The number of hydrogen-bond donors (Lipinski definition) is 1. The molecule has 1 saturated carbocycles. The topological polar surface area (TPSA) is 38.5 Å². The molecular weight excluding hydrogens is 248 g/mol. The Balaban J connectivity index is 1.79. The molecule has 2 N–H and O–H groups in total. The van der Waals surface area contributed by atoms with Crippen LogP contribution in [0.4, 0.5) is 0 Å². The molecular formula is C17H26N2O. The smallest absolute Gasteiger partial charge is 0.122 e. The highest BCUT2D eigenvalue weighted by Gasteiger charge is 2.28. The summed E-state index contributed by atoms with van der Waals surface area (Å²) in [6, 6.07) is 7.01. The monoisotopic (exact) mass is 274 g/mol. The molecule has 1 aliphatic carbocycles. The van der Waals surface area contributed by atoms with E-state index in [9.17, 15) is 0 Å². The van der Waals surface area contributed by atoms with Gasteiger partial charge >= 0.3 is 0 Å². The van der Waals surface area contributed by atoms with Crippen LogP contribution >= 0.6 is 0 Å². The highest BCUT2D eigenvalue weighted by atomic mass is 16.5. The fourth-order valence-corrected chi connectivity index (χ4v) is 3.20. The van der Waals surface area contributed by atoms with Gasteiger partial charge in [-0.25, -0.2) is 0 Å². The van der Waals surface area contributed by atoms with Gasteiger partial charge in [0, 0.05) is 25.6 Å². The number of rotatable bonds is 7. The maximum atomic E-state index is 6.10. The number of fused-ring (bicyclic) bond motifs is 1. The predicted molar refractivity (Wildman–Crippen MR) is 82.0 cm³/mol. The first-order valence-electron chi connectivity index (χ1n) is 8.01. The van der Waals surface area contributed by atoms with Crippen molar-refractivity contribution in [3.63, 3.8) is 0 Å². The predicted octanol–water partition coefficient (Wildman–Crippen LogP) is 2.74. The third-order valence-electron chi connectivity index (χ3n) is 4.46. The average molecular weight is 274 g/mol. The van der Waals surface area contributed by atoms with Crippen LogP contribution in [0.5, 0.6) is 5.75 Å². The largest absolute Gasteiger partial charge is 0.493 e. The minimum absolute atomic E-state index is 0.362. The van der Waals surface area contributed by atoms with Crippen molar-refractivity contribution in [1.82, 2.24) is 4.90 Å². The number of benzene rings is 1. The molecule has 1 heterocycles. The molecule has 1 aliphatic heterocycles. The molecule has 0 radical (unpaired) electrons. The minimum Gasteiger partial charge on any atom is -0.493 e. The van der Waals surface area contributed by atoms with E-state index in [1.807, 2.05) is 0 Å². The zero-order chi connectivity index (χ0) is 13.9. The fourth-order valence-electron chi connectivity index (χ4n) is 3.20. The normalized spacial score (nSPS) is 18.9. The molecule has 3 heteroatoms. The Morgan fingerprint density at radius 1 is 1.40 bits per heavy atom. The summed E-state index contributed by atoms with van der Waals surface area (Å²) < 4.78 is 5.60. The summed E-state index contributed by atoms with van der Waals surface area (Å²) in [6.45, 7) is 6.14. The van der Waals surface area contributed by atoms with E-state index in [2.05, 4.69) is 30.0 Å². The molecule has 2 aliphatic rings. The molecule has 1 fully saturated rings. The van der Waals surface area contributed by atoms with Crippen LogP contribution in [0.15, 0.2) is 18.2 Å². The van der Waals surface area contributed by atoms with Gasteiger partial charge in [0.15, 0.2) is 0 Å². The molecule has 20 heavy (non-hydrogen) atoms. The first-order chi connectivity index (χ1) is 9.81. The molecule has 0 amide bonds. The lowest BCUT2D eigenvalue weighted by Gasteiger charge is -2.31. The van der Waals surface area contributed by atoms with Gasteiger partial charge in [-0.05, 0) is 48.9 Å². The average Bonchev–Trinajstić information content (AvgIpc) is 3.15. The lowest BCUT2D eigenvalue weighted by Crippen LogP contribution is -2.36. The Labute approximate surface area is 122 Å². The van der Waals surface area contributed by atoms with Gasteiger partial charge in [0.05, 0.1) is 6.61 Å². The molecule has 3 rings (SSSR count).